The Kier molecular flexibility index (Phi) is 6.89. The minimum atomic E-state index is -1.05. The SMILES string of the molecule is CC(C)(C)CCCCC(C=CC(=O)O)C(=O)OCC1CO1. The van der Waals surface area contributed by atoms with Gasteiger partial charge in [-0.15, -0.1) is 0 Å². The molecule has 0 aliphatic carbocycles. The molecule has 0 aromatic rings. The number of ether oxygens (including phenoxy) is 2. The highest BCUT2D eigenvalue weighted by Gasteiger charge is 2.26. The number of rotatable bonds is 9. The van der Waals surface area contributed by atoms with Crippen LogP contribution in [0.4, 0.5) is 0 Å². The van der Waals surface area contributed by atoms with Crippen LogP contribution in [0, 0.1) is 11.3 Å². The van der Waals surface area contributed by atoms with Crippen molar-refractivity contribution in [2.75, 3.05) is 13.2 Å². The van der Waals surface area contributed by atoms with Crippen molar-refractivity contribution in [2.45, 2.75) is 52.6 Å². The summed E-state index contributed by atoms with van der Waals surface area (Å²) < 4.78 is 10.1. The number of aliphatic carboxylic acids is 1. The Hall–Kier alpha value is -1.36. The Morgan fingerprint density at radius 1 is 1.38 bits per heavy atom. The second-order valence-corrected chi connectivity index (χ2v) is 6.70. The fourth-order valence-electron chi connectivity index (χ4n) is 1.96. The molecule has 1 heterocycles. The van der Waals surface area contributed by atoms with Gasteiger partial charge in [0.15, 0.2) is 0 Å². The second kappa shape index (κ2) is 8.17. The first-order valence-corrected chi connectivity index (χ1v) is 7.47. The van der Waals surface area contributed by atoms with Crippen LogP contribution in [0.15, 0.2) is 12.2 Å². The number of unbranched alkanes of at least 4 members (excludes halogenated alkanes) is 1. The third-order valence-corrected chi connectivity index (χ3v) is 3.28. The molecular weight excluding hydrogens is 272 g/mol. The molecule has 0 saturated carbocycles. The quantitative estimate of drug-likeness (QED) is 0.306. The minimum Gasteiger partial charge on any atom is -0.478 e. The van der Waals surface area contributed by atoms with E-state index < -0.39 is 11.9 Å². The number of carboxylic acid groups (broad SMARTS) is 1. The molecule has 21 heavy (non-hydrogen) atoms. The molecule has 1 N–H and O–H groups in total. The van der Waals surface area contributed by atoms with E-state index in [1.165, 1.54) is 6.08 Å². The first kappa shape index (κ1) is 17.7. The van der Waals surface area contributed by atoms with Gasteiger partial charge in [-0.2, -0.15) is 0 Å². The molecule has 1 rings (SSSR count). The minimum absolute atomic E-state index is 0.0268. The van der Waals surface area contributed by atoms with E-state index in [1.807, 2.05) is 0 Å². The topological polar surface area (TPSA) is 76.1 Å². The van der Waals surface area contributed by atoms with Crippen LogP contribution in [0.2, 0.25) is 0 Å². The maximum absolute atomic E-state index is 12.0. The molecule has 0 radical (unpaired) electrons. The Morgan fingerprint density at radius 3 is 2.57 bits per heavy atom. The Labute approximate surface area is 126 Å². The lowest BCUT2D eigenvalue weighted by atomic mass is 9.88. The van der Waals surface area contributed by atoms with Gasteiger partial charge < -0.3 is 14.6 Å². The van der Waals surface area contributed by atoms with Crippen molar-refractivity contribution < 1.29 is 24.2 Å². The molecule has 0 aromatic heterocycles. The molecule has 2 atom stereocenters. The van der Waals surface area contributed by atoms with Gasteiger partial charge in [-0.1, -0.05) is 39.7 Å². The standard InChI is InChI=1S/C16H26O5/c1-16(2,3)9-5-4-6-12(7-8-14(17)18)15(19)21-11-13-10-20-13/h7-8,12-13H,4-6,9-11H2,1-3H3,(H,17,18). The number of carbonyl (C=O) groups is 2. The zero-order chi connectivity index (χ0) is 15.9. The van der Waals surface area contributed by atoms with E-state index in [4.69, 9.17) is 14.6 Å². The summed E-state index contributed by atoms with van der Waals surface area (Å²) in [5.41, 5.74) is 0.274. The number of esters is 1. The predicted octanol–water partition coefficient (Wildman–Crippen LogP) is 2.79. The highest BCUT2D eigenvalue weighted by Crippen LogP contribution is 2.23. The molecule has 0 aromatic carbocycles. The Bertz CT molecular complexity index is 377. The molecule has 1 fully saturated rings. The van der Waals surface area contributed by atoms with Gasteiger partial charge in [0.2, 0.25) is 0 Å². The third kappa shape index (κ3) is 9.24. The number of carbonyl (C=O) groups excluding carboxylic acids is 1. The number of hydrogen-bond acceptors (Lipinski definition) is 4. The highest BCUT2D eigenvalue weighted by atomic mass is 16.6. The molecule has 0 amide bonds. The average Bonchev–Trinajstić information content (AvgIpc) is 3.17. The molecule has 1 aliphatic heterocycles. The first-order valence-electron chi connectivity index (χ1n) is 7.47. The van der Waals surface area contributed by atoms with Crippen molar-refractivity contribution in [3.05, 3.63) is 12.2 Å². The van der Waals surface area contributed by atoms with Crippen molar-refractivity contribution >= 4 is 11.9 Å². The average molecular weight is 298 g/mol. The van der Waals surface area contributed by atoms with Crippen LogP contribution >= 0.6 is 0 Å². The smallest absolute Gasteiger partial charge is 0.328 e. The fourth-order valence-corrected chi connectivity index (χ4v) is 1.96. The maximum Gasteiger partial charge on any atom is 0.328 e. The zero-order valence-electron chi connectivity index (χ0n) is 13.1. The molecule has 0 spiro atoms. The lowest BCUT2D eigenvalue weighted by Crippen LogP contribution is -2.19. The summed E-state index contributed by atoms with van der Waals surface area (Å²) in [5.74, 6) is -1.90. The summed E-state index contributed by atoms with van der Waals surface area (Å²) in [6.07, 6.45) is 6.05. The van der Waals surface area contributed by atoms with Gasteiger partial charge >= 0.3 is 11.9 Å². The monoisotopic (exact) mass is 298 g/mol. The molecular formula is C16H26O5. The van der Waals surface area contributed by atoms with Gasteiger partial charge in [-0.3, -0.25) is 4.79 Å². The zero-order valence-corrected chi connectivity index (χ0v) is 13.1. The Balaban J connectivity index is 2.38. The molecule has 0 bridgehead atoms. The van der Waals surface area contributed by atoms with Gasteiger partial charge in [-0.05, 0) is 18.3 Å². The molecule has 5 heteroatoms. The van der Waals surface area contributed by atoms with Crippen LogP contribution < -0.4 is 0 Å². The van der Waals surface area contributed by atoms with Crippen LogP contribution in [-0.2, 0) is 19.1 Å². The number of epoxide rings is 1. The molecule has 5 nitrogen and oxygen atoms in total. The van der Waals surface area contributed by atoms with Crippen LogP contribution in [0.25, 0.3) is 0 Å². The normalized spacial score (nSPS) is 19.5. The molecule has 120 valence electrons. The van der Waals surface area contributed by atoms with E-state index in [9.17, 15) is 9.59 Å². The third-order valence-electron chi connectivity index (χ3n) is 3.28. The molecule has 1 saturated heterocycles. The number of carboxylic acids is 1. The van der Waals surface area contributed by atoms with Gasteiger partial charge in [-0.25, -0.2) is 4.79 Å². The molecule has 1 aliphatic rings. The van der Waals surface area contributed by atoms with Crippen molar-refractivity contribution in [1.82, 2.24) is 0 Å². The van der Waals surface area contributed by atoms with Gasteiger partial charge in [0.25, 0.3) is 0 Å². The predicted molar refractivity (Wildman–Crippen MR) is 78.9 cm³/mol. The van der Waals surface area contributed by atoms with E-state index in [1.54, 1.807) is 0 Å². The highest BCUT2D eigenvalue weighted by molar-refractivity contribution is 5.82. The largest absolute Gasteiger partial charge is 0.478 e. The van der Waals surface area contributed by atoms with E-state index in [0.29, 0.717) is 13.0 Å². The van der Waals surface area contributed by atoms with E-state index in [0.717, 1.165) is 25.3 Å². The maximum atomic E-state index is 12.0. The van der Waals surface area contributed by atoms with Gasteiger partial charge in [0.1, 0.15) is 12.7 Å². The van der Waals surface area contributed by atoms with Crippen molar-refractivity contribution in [1.29, 1.82) is 0 Å². The lowest BCUT2D eigenvalue weighted by Gasteiger charge is -2.18. The summed E-state index contributed by atoms with van der Waals surface area (Å²) >= 11 is 0. The van der Waals surface area contributed by atoms with Crippen molar-refractivity contribution in [3.63, 3.8) is 0 Å². The Morgan fingerprint density at radius 2 is 2.05 bits per heavy atom. The lowest BCUT2D eigenvalue weighted by molar-refractivity contribution is -0.147. The van der Waals surface area contributed by atoms with Crippen LogP contribution in [0.3, 0.4) is 0 Å². The first-order chi connectivity index (χ1) is 9.78. The van der Waals surface area contributed by atoms with Gasteiger partial charge in [0, 0.05) is 6.08 Å². The van der Waals surface area contributed by atoms with Crippen molar-refractivity contribution in [3.8, 4) is 0 Å². The fraction of sp³-hybridized carbons (Fsp3) is 0.750. The summed E-state index contributed by atoms with van der Waals surface area (Å²) in [7, 11) is 0. The number of hydrogen-bond donors (Lipinski definition) is 1. The summed E-state index contributed by atoms with van der Waals surface area (Å²) in [6.45, 7) is 7.43. The summed E-state index contributed by atoms with van der Waals surface area (Å²) in [6, 6.07) is 0. The van der Waals surface area contributed by atoms with E-state index >= 15 is 0 Å². The summed E-state index contributed by atoms with van der Waals surface area (Å²) in [5, 5.41) is 8.69. The van der Waals surface area contributed by atoms with E-state index in [2.05, 4.69) is 20.8 Å². The van der Waals surface area contributed by atoms with E-state index in [-0.39, 0.29) is 24.1 Å². The van der Waals surface area contributed by atoms with Crippen molar-refractivity contribution in [2.24, 2.45) is 11.3 Å². The van der Waals surface area contributed by atoms with Crippen LogP contribution in [0.5, 0.6) is 0 Å². The summed E-state index contributed by atoms with van der Waals surface area (Å²) in [4.78, 5) is 22.6. The van der Waals surface area contributed by atoms with Gasteiger partial charge in [0.05, 0.1) is 12.5 Å². The van der Waals surface area contributed by atoms with Crippen LogP contribution in [0.1, 0.15) is 46.5 Å². The molecule has 2 unspecified atom stereocenters. The second-order valence-electron chi connectivity index (χ2n) is 6.70. The van der Waals surface area contributed by atoms with Crippen LogP contribution in [-0.4, -0.2) is 36.4 Å².